The van der Waals surface area contributed by atoms with Crippen LogP contribution in [0, 0.1) is 6.92 Å². The first-order valence-corrected chi connectivity index (χ1v) is 5.59. The average Bonchev–Trinajstić information content (AvgIpc) is 2.26. The van der Waals surface area contributed by atoms with Crippen LogP contribution in [0.3, 0.4) is 0 Å². The lowest BCUT2D eigenvalue weighted by Gasteiger charge is -1.95. The standard InChI is InChI=1S/C9H13BrS/c1-3-4-5-8-6-9(10)11-7(8)2/h6H,3-5H2,1-2H3. The fraction of sp³-hybridized carbons (Fsp3) is 0.556. The first-order valence-electron chi connectivity index (χ1n) is 3.99. The molecular formula is C9H13BrS. The summed E-state index contributed by atoms with van der Waals surface area (Å²) in [5.41, 5.74) is 1.52. The predicted molar refractivity (Wildman–Crippen MR) is 55.4 cm³/mol. The van der Waals surface area contributed by atoms with Gasteiger partial charge in [-0.2, -0.15) is 0 Å². The molecule has 0 N–H and O–H groups in total. The highest BCUT2D eigenvalue weighted by Crippen LogP contribution is 2.27. The molecule has 0 spiro atoms. The molecule has 1 rings (SSSR count). The molecule has 1 aromatic rings. The highest BCUT2D eigenvalue weighted by Gasteiger charge is 2.01. The zero-order chi connectivity index (χ0) is 8.27. The number of halogens is 1. The van der Waals surface area contributed by atoms with Crippen molar-refractivity contribution in [3.05, 3.63) is 20.3 Å². The van der Waals surface area contributed by atoms with Gasteiger partial charge in [0.25, 0.3) is 0 Å². The van der Waals surface area contributed by atoms with E-state index in [0.717, 1.165) is 0 Å². The van der Waals surface area contributed by atoms with E-state index in [1.165, 1.54) is 33.5 Å². The molecule has 0 radical (unpaired) electrons. The summed E-state index contributed by atoms with van der Waals surface area (Å²) in [4.78, 5) is 1.46. The Kier molecular flexibility index (Phi) is 3.60. The number of rotatable bonds is 3. The van der Waals surface area contributed by atoms with Crippen LogP contribution in [0.5, 0.6) is 0 Å². The second kappa shape index (κ2) is 4.27. The van der Waals surface area contributed by atoms with E-state index in [2.05, 4.69) is 35.8 Å². The monoisotopic (exact) mass is 232 g/mol. The van der Waals surface area contributed by atoms with Gasteiger partial charge in [0.1, 0.15) is 0 Å². The molecule has 2 heteroatoms. The van der Waals surface area contributed by atoms with E-state index in [9.17, 15) is 0 Å². The van der Waals surface area contributed by atoms with Crippen LogP contribution >= 0.6 is 27.3 Å². The van der Waals surface area contributed by atoms with Crippen LogP contribution in [0.2, 0.25) is 0 Å². The summed E-state index contributed by atoms with van der Waals surface area (Å²) in [6.45, 7) is 4.43. The zero-order valence-corrected chi connectivity index (χ0v) is 9.39. The maximum atomic E-state index is 3.49. The minimum absolute atomic E-state index is 1.24. The molecule has 1 aromatic heterocycles. The summed E-state index contributed by atoms with van der Waals surface area (Å²) in [7, 11) is 0. The Morgan fingerprint density at radius 2 is 2.27 bits per heavy atom. The lowest BCUT2D eigenvalue weighted by molar-refractivity contribution is 0.794. The van der Waals surface area contributed by atoms with Crippen molar-refractivity contribution in [1.82, 2.24) is 0 Å². The van der Waals surface area contributed by atoms with Gasteiger partial charge in [0.15, 0.2) is 0 Å². The lowest BCUT2D eigenvalue weighted by Crippen LogP contribution is -1.82. The predicted octanol–water partition coefficient (Wildman–Crippen LogP) is 4.16. The van der Waals surface area contributed by atoms with Crippen molar-refractivity contribution in [2.75, 3.05) is 0 Å². The van der Waals surface area contributed by atoms with Crippen LogP contribution in [0.1, 0.15) is 30.2 Å². The molecule has 0 unspecified atom stereocenters. The minimum atomic E-state index is 1.24. The molecule has 0 fully saturated rings. The molecule has 0 atom stereocenters. The highest BCUT2D eigenvalue weighted by molar-refractivity contribution is 9.11. The Bertz CT molecular complexity index is 227. The quantitative estimate of drug-likeness (QED) is 0.735. The zero-order valence-electron chi connectivity index (χ0n) is 6.98. The Hall–Kier alpha value is 0.180. The van der Waals surface area contributed by atoms with E-state index < -0.39 is 0 Å². The molecule has 11 heavy (non-hydrogen) atoms. The van der Waals surface area contributed by atoms with Gasteiger partial charge in [0.2, 0.25) is 0 Å². The van der Waals surface area contributed by atoms with E-state index in [-0.39, 0.29) is 0 Å². The minimum Gasteiger partial charge on any atom is -0.133 e. The molecule has 0 aliphatic rings. The summed E-state index contributed by atoms with van der Waals surface area (Å²) in [6, 6.07) is 2.25. The third-order valence-electron chi connectivity index (χ3n) is 1.79. The van der Waals surface area contributed by atoms with Gasteiger partial charge in [-0.15, -0.1) is 11.3 Å². The second-order valence-corrected chi connectivity index (χ2v) is 5.37. The fourth-order valence-corrected chi connectivity index (χ4v) is 2.89. The molecule has 0 aliphatic carbocycles. The molecule has 0 bridgehead atoms. The van der Waals surface area contributed by atoms with Gasteiger partial charge in [0, 0.05) is 4.88 Å². The molecule has 0 saturated carbocycles. The number of aryl methyl sites for hydroxylation is 2. The van der Waals surface area contributed by atoms with Crippen LogP contribution < -0.4 is 0 Å². The summed E-state index contributed by atoms with van der Waals surface area (Å²) >= 11 is 5.33. The van der Waals surface area contributed by atoms with Crippen LogP contribution in [0.15, 0.2) is 9.85 Å². The Morgan fingerprint density at radius 1 is 1.55 bits per heavy atom. The number of thiophene rings is 1. The lowest BCUT2D eigenvalue weighted by atomic mass is 10.1. The molecule has 1 heterocycles. The maximum Gasteiger partial charge on any atom is 0.0704 e. The van der Waals surface area contributed by atoms with Crippen molar-refractivity contribution in [3.63, 3.8) is 0 Å². The van der Waals surface area contributed by atoms with Gasteiger partial charge >= 0.3 is 0 Å². The number of unbranched alkanes of at least 4 members (excludes halogenated alkanes) is 1. The summed E-state index contributed by atoms with van der Waals surface area (Å²) < 4.78 is 1.26. The van der Waals surface area contributed by atoms with Crippen molar-refractivity contribution in [1.29, 1.82) is 0 Å². The Morgan fingerprint density at radius 3 is 2.73 bits per heavy atom. The van der Waals surface area contributed by atoms with Crippen LogP contribution in [-0.4, -0.2) is 0 Å². The van der Waals surface area contributed by atoms with E-state index in [0.29, 0.717) is 0 Å². The Labute approximate surface area is 80.8 Å². The molecule has 0 nitrogen and oxygen atoms in total. The van der Waals surface area contributed by atoms with E-state index in [4.69, 9.17) is 0 Å². The van der Waals surface area contributed by atoms with E-state index >= 15 is 0 Å². The van der Waals surface area contributed by atoms with Gasteiger partial charge in [-0.1, -0.05) is 13.3 Å². The van der Waals surface area contributed by atoms with Gasteiger partial charge in [-0.3, -0.25) is 0 Å². The highest BCUT2D eigenvalue weighted by atomic mass is 79.9. The third-order valence-corrected chi connectivity index (χ3v) is 3.39. The summed E-state index contributed by atoms with van der Waals surface area (Å²) in [5.74, 6) is 0. The van der Waals surface area contributed by atoms with Gasteiger partial charge in [0.05, 0.1) is 3.79 Å². The maximum absolute atomic E-state index is 3.49. The van der Waals surface area contributed by atoms with Crippen molar-refractivity contribution in [2.24, 2.45) is 0 Å². The van der Waals surface area contributed by atoms with Crippen LogP contribution in [0.25, 0.3) is 0 Å². The molecule has 0 saturated heterocycles. The molecular weight excluding hydrogens is 220 g/mol. The van der Waals surface area contributed by atoms with Crippen LogP contribution in [0.4, 0.5) is 0 Å². The Balaban J connectivity index is 2.62. The molecule has 62 valence electrons. The van der Waals surface area contributed by atoms with E-state index in [1.807, 2.05) is 11.3 Å². The van der Waals surface area contributed by atoms with Gasteiger partial charge in [-0.25, -0.2) is 0 Å². The van der Waals surface area contributed by atoms with Crippen LogP contribution in [-0.2, 0) is 6.42 Å². The first-order chi connectivity index (χ1) is 5.24. The second-order valence-electron chi connectivity index (χ2n) is 2.74. The van der Waals surface area contributed by atoms with Gasteiger partial charge < -0.3 is 0 Å². The van der Waals surface area contributed by atoms with E-state index in [1.54, 1.807) is 0 Å². The first kappa shape index (κ1) is 9.27. The molecule has 0 amide bonds. The normalized spacial score (nSPS) is 10.5. The summed E-state index contributed by atoms with van der Waals surface area (Å²) in [5, 5.41) is 0. The number of hydrogen-bond donors (Lipinski definition) is 0. The third kappa shape index (κ3) is 2.60. The van der Waals surface area contributed by atoms with Gasteiger partial charge in [-0.05, 0) is 47.3 Å². The molecule has 0 aromatic carbocycles. The average molecular weight is 233 g/mol. The number of hydrogen-bond acceptors (Lipinski definition) is 1. The summed E-state index contributed by atoms with van der Waals surface area (Å²) in [6.07, 6.45) is 3.83. The largest absolute Gasteiger partial charge is 0.133 e. The molecule has 0 aliphatic heterocycles. The van der Waals surface area contributed by atoms with Crippen molar-refractivity contribution < 1.29 is 0 Å². The van der Waals surface area contributed by atoms with Crippen molar-refractivity contribution in [2.45, 2.75) is 33.1 Å². The smallest absolute Gasteiger partial charge is 0.0704 e. The SMILES string of the molecule is CCCCc1cc(Br)sc1C. The van der Waals surface area contributed by atoms with Crippen molar-refractivity contribution >= 4 is 27.3 Å². The fourth-order valence-electron chi connectivity index (χ4n) is 1.10. The topological polar surface area (TPSA) is 0 Å². The van der Waals surface area contributed by atoms with Crippen molar-refractivity contribution in [3.8, 4) is 0 Å².